The lowest BCUT2D eigenvalue weighted by Gasteiger charge is -2.34. The van der Waals surface area contributed by atoms with E-state index in [9.17, 15) is 36.0 Å². The summed E-state index contributed by atoms with van der Waals surface area (Å²) in [5.41, 5.74) is 0.887. The molecule has 0 aliphatic heterocycles. The molecular formula is C29H32F6N2O2. The molecule has 2 aliphatic carbocycles. The Kier molecular flexibility index (Phi) is 9.96. The highest BCUT2D eigenvalue weighted by atomic mass is 19.4. The maximum Gasteiger partial charge on any atom is 0.416 e. The van der Waals surface area contributed by atoms with E-state index in [4.69, 9.17) is 0 Å². The highest BCUT2D eigenvalue weighted by Crippen LogP contribution is 2.39. The number of aryl methyl sites for hydroxylation is 1. The Bertz CT molecular complexity index is 1160. The largest absolute Gasteiger partial charge is 0.416 e. The molecule has 4 rings (SSSR count). The molecule has 0 spiro atoms. The van der Waals surface area contributed by atoms with Crippen LogP contribution in [0.4, 0.5) is 26.3 Å². The third kappa shape index (κ3) is 8.66. The molecule has 2 aliphatic rings. The van der Waals surface area contributed by atoms with Gasteiger partial charge in [-0.25, -0.2) is 0 Å². The van der Waals surface area contributed by atoms with Crippen LogP contribution in [0.1, 0.15) is 72.3 Å². The molecule has 0 N–H and O–H groups in total. The molecule has 2 atom stereocenters. The first-order valence-electron chi connectivity index (χ1n) is 12.9. The number of hydrogen-bond donors (Lipinski definition) is 0. The summed E-state index contributed by atoms with van der Waals surface area (Å²) in [5.74, 6) is 1.76. The van der Waals surface area contributed by atoms with Crippen LogP contribution in [0.25, 0.3) is 0 Å². The van der Waals surface area contributed by atoms with Crippen LogP contribution < -0.4 is 0 Å². The van der Waals surface area contributed by atoms with Gasteiger partial charge in [-0.3, -0.25) is 4.79 Å². The molecule has 10 heteroatoms. The Morgan fingerprint density at radius 3 is 2.13 bits per heavy atom. The Morgan fingerprint density at radius 1 is 0.949 bits per heavy atom. The van der Waals surface area contributed by atoms with E-state index in [1.807, 2.05) is 6.08 Å². The summed E-state index contributed by atoms with van der Waals surface area (Å²) >= 11 is 0. The minimum Gasteiger partial charge on any atom is -0.377 e. The maximum atomic E-state index is 12.3. The molecule has 212 valence electrons. The van der Waals surface area contributed by atoms with Crippen molar-refractivity contribution in [3.05, 3.63) is 87.0 Å². The topological polar surface area (TPSA) is 49.7 Å². The average molecular weight is 555 g/mol. The molecule has 2 aromatic carbocycles. The molecule has 39 heavy (non-hydrogen) atoms. The van der Waals surface area contributed by atoms with Gasteiger partial charge in [0.1, 0.15) is 6.54 Å². The van der Waals surface area contributed by atoms with Crippen LogP contribution >= 0.6 is 0 Å². The van der Waals surface area contributed by atoms with E-state index in [0.717, 1.165) is 18.9 Å². The molecule has 0 bridgehead atoms. The van der Waals surface area contributed by atoms with E-state index in [0.29, 0.717) is 30.3 Å². The summed E-state index contributed by atoms with van der Waals surface area (Å²) in [5, 5.41) is 2.27. The van der Waals surface area contributed by atoms with E-state index in [-0.39, 0.29) is 6.07 Å². The first-order valence-corrected chi connectivity index (χ1v) is 12.9. The number of ketones is 1. The van der Waals surface area contributed by atoms with Crippen molar-refractivity contribution in [1.29, 1.82) is 0 Å². The van der Waals surface area contributed by atoms with Crippen LogP contribution in [0.3, 0.4) is 0 Å². The zero-order chi connectivity index (χ0) is 28.8. The normalized spacial score (nSPS) is 19.7. The quantitative estimate of drug-likeness (QED) is 0.266. The molecule has 2 unspecified atom stereocenters. The molecule has 0 saturated heterocycles. The summed E-state index contributed by atoms with van der Waals surface area (Å²) in [6.45, 7) is 2.59. The van der Waals surface area contributed by atoms with Crippen molar-refractivity contribution in [2.45, 2.75) is 70.3 Å². The van der Waals surface area contributed by atoms with Gasteiger partial charge in [0.05, 0.1) is 11.1 Å². The predicted octanol–water partition coefficient (Wildman–Crippen LogP) is 8.44. The number of allylic oxidation sites excluding steroid dienone is 2. The maximum absolute atomic E-state index is 12.3. The van der Waals surface area contributed by atoms with Crippen molar-refractivity contribution in [2.75, 3.05) is 13.6 Å². The fraction of sp³-hybridized carbons (Fsp3) is 0.483. The van der Waals surface area contributed by atoms with E-state index >= 15 is 0 Å². The van der Waals surface area contributed by atoms with E-state index in [1.54, 1.807) is 5.56 Å². The van der Waals surface area contributed by atoms with Gasteiger partial charge in [-0.1, -0.05) is 35.9 Å². The molecule has 1 fully saturated rings. The summed E-state index contributed by atoms with van der Waals surface area (Å²) in [6, 6.07) is 9.79. The Hall–Kier alpha value is -3.17. The van der Waals surface area contributed by atoms with Crippen molar-refractivity contribution in [3.63, 3.8) is 0 Å². The van der Waals surface area contributed by atoms with Crippen LogP contribution in [-0.2, 0) is 23.7 Å². The van der Waals surface area contributed by atoms with Gasteiger partial charge in [-0.05, 0) is 79.3 Å². The van der Waals surface area contributed by atoms with Gasteiger partial charge in [0, 0.05) is 31.8 Å². The minimum absolute atomic E-state index is 0.00565. The summed E-state index contributed by atoms with van der Waals surface area (Å²) in [4.78, 5) is 23.6. The molecule has 0 amide bonds. The van der Waals surface area contributed by atoms with Gasteiger partial charge in [0.15, 0.2) is 5.78 Å². The smallest absolute Gasteiger partial charge is 0.377 e. The highest BCUT2D eigenvalue weighted by molar-refractivity contribution is 5.92. The van der Waals surface area contributed by atoms with Gasteiger partial charge in [0.25, 0.3) is 0 Å². The number of carbonyl (C=O) groups excluding carboxylic acids is 1. The van der Waals surface area contributed by atoms with Gasteiger partial charge >= 0.3 is 12.4 Å². The fourth-order valence-corrected chi connectivity index (χ4v) is 5.36. The number of nitrogens with zero attached hydrogens (tertiary/aromatic N) is 2. The number of nitroso groups, excluding NO2 is 1. The Morgan fingerprint density at radius 2 is 1.59 bits per heavy atom. The molecule has 1 saturated carbocycles. The summed E-state index contributed by atoms with van der Waals surface area (Å²) < 4.78 is 73.8. The van der Waals surface area contributed by atoms with Crippen LogP contribution in [0.5, 0.6) is 0 Å². The first-order chi connectivity index (χ1) is 18.3. The second kappa shape index (κ2) is 12.8. The van der Waals surface area contributed by atoms with E-state index in [1.165, 1.54) is 36.9 Å². The average Bonchev–Trinajstić information content (AvgIpc) is 3.30. The molecule has 0 aromatic heterocycles. The molecule has 0 heterocycles. The van der Waals surface area contributed by atoms with Gasteiger partial charge in [-0.15, -0.1) is 0 Å². The lowest BCUT2D eigenvalue weighted by Crippen LogP contribution is -2.28. The molecule has 4 nitrogen and oxygen atoms in total. The molecule has 0 radical (unpaired) electrons. The monoisotopic (exact) mass is 554 g/mol. The lowest BCUT2D eigenvalue weighted by atomic mass is 9.76. The van der Waals surface area contributed by atoms with Crippen molar-refractivity contribution < 1.29 is 31.1 Å². The van der Waals surface area contributed by atoms with Gasteiger partial charge in [0.2, 0.25) is 0 Å². The van der Waals surface area contributed by atoms with Crippen LogP contribution in [0.2, 0.25) is 0 Å². The van der Waals surface area contributed by atoms with E-state index < -0.39 is 35.6 Å². The number of carbonyl (C=O) groups is 1. The third-order valence-electron chi connectivity index (χ3n) is 7.28. The summed E-state index contributed by atoms with van der Waals surface area (Å²) in [7, 11) is 2.15. The van der Waals surface area contributed by atoms with Crippen molar-refractivity contribution in [3.8, 4) is 0 Å². The second-order valence-corrected chi connectivity index (χ2v) is 10.3. The fourth-order valence-electron chi connectivity index (χ4n) is 5.36. The van der Waals surface area contributed by atoms with Crippen LogP contribution in [0.15, 0.2) is 59.4 Å². The number of alkyl halides is 6. The minimum atomic E-state index is -4.90. The van der Waals surface area contributed by atoms with Gasteiger partial charge < -0.3 is 4.90 Å². The SMILES string of the molecule is Cc1ccccc1C1CCCC(CN(C)C2=CC(=O)CC2)C1.O=NCc1cc(C(F)(F)F)cc(C(F)(F)F)c1. The Labute approximate surface area is 224 Å². The highest BCUT2D eigenvalue weighted by Gasteiger charge is 2.36. The third-order valence-corrected chi connectivity index (χ3v) is 7.28. The number of halogens is 6. The van der Waals surface area contributed by atoms with Crippen LogP contribution in [0, 0.1) is 17.7 Å². The van der Waals surface area contributed by atoms with Crippen LogP contribution in [-0.4, -0.2) is 24.3 Å². The Balaban J connectivity index is 0.000000224. The summed E-state index contributed by atoms with van der Waals surface area (Å²) in [6.07, 6.45) is -1.05. The zero-order valence-corrected chi connectivity index (χ0v) is 21.9. The van der Waals surface area contributed by atoms with Crippen molar-refractivity contribution in [1.82, 2.24) is 4.90 Å². The first kappa shape index (κ1) is 30.4. The second-order valence-electron chi connectivity index (χ2n) is 10.3. The van der Waals surface area contributed by atoms with Gasteiger partial charge in [-0.2, -0.15) is 31.2 Å². The molecular weight excluding hydrogens is 522 g/mol. The number of hydrogen-bond acceptors (Lipinski definition) is 4. The van der Waals surface area contributed by atoms with Crippen molar-refractivity contribution >= 4 is 5.78 Å². The molecule has 2 aromatic rings. The number of benzene rings is 2. The zero-order valence-electron chi connectivity index (χ0n) is 21.9. The predicted molar refractivity (Wildman–Crippen MR) is 137 cm³/mol. The van der Waals surface area contributed by atoms with Crippen molar-refractivity contribution in [2.24, 2.45) is 11.1 Å². The standard InChI is InChI=1S/C20H27NO.C9H5F6NO/c1-15-6-3-4-9-20(15)17-8-5-7-16(12-17)14-21(2)18-10-11-19(22)13-18;10-8(11,12)6-1-5(4-16-17)2-7(3-6)9(13,14)15/h3-4,6,9,13,16-17H,5,7-8,10-12,14H2,1-2H3;1-3H,4H2. The number of rotatable bonds is 6. The van der Waals surface area contributed by atoms with E-state index in [2.05, 4.69) is 48.3 Å². The lowest BCUT2D eigenvalue weighted by molar-refractivity contribution is -0.143.